The van der Waals surface area contributed by atoms with Gasteiger partial charge in [0.25, 0.3) is 0 Å². The van der Waals surface area contributed by atoms with Crippen LogP contribution in [0.4, 0.5) is 4.39 Å². The lowest BCUT2D eigenvalue weighted by atomic mass is 10.2. The van der Waals surface area contributed by atoms with E-state index in [1.165, 1.54) is 18.9 Å². The van der Waals surface area contributed by atoms with Gasteiger partial charge in [0.1, 0.15) is 5.82 Å². The highest BCUT2D eigenvalue weighted by molar-refractivity contribution is 7.80. The van der Waals surface area contributed by atoms with Crippen LogP contribution >= 0.6 is 12.2 Å². The topological polar surface area (TPSA) is 27.7 Å². The van der Waals surface area contributed by atoms with Gasteiger partial charge in [-0.1, -0.05) is 12.1 Å². The van der Waals surface area contributed by atoms with Crippen molar-refractivity contribution >= 4 is 17.3 Å². The lowest BCUT2D eigenvalue weighted by Gasteiger charge is -2.29. The summed E-state index contributed by atoms with van der Waals surface area (Å²) >= 11 is 5.58. The van der Waals surface area contributed by atoms with E-state index >= 15 is 0 Å². The summed E-state index contributed by atoms with van der Waals surface area (Å²) in [4.78, 5) is 4.60. The fourth-order valence-electron chi connectivity index (χ4n) is 2.91. The first-order valence-electron chi connectivity index (χ1n) is 8.81. The van der Waals surface area contributed by atoms with E-state index in [9.17, 15) is 4.39 Å². The molecule has 1 N–H and O–H groups in total. The Morgan fingerprint density at radius 3 is 2.83 bits per heavy atom. The van der Waals surface area contributed by atoms with Crippen LogP contribution in [-0.2, 0) is 11.3 Å². The van der Waals surface area contributed by atoms with E-state index in [4.69, 9.17) is 17.0 Å². The molecule has 1 saturated carbocycles. The summed E-state index contributed by atoms with van der Waals surface area (Å²) in [6.07, 6.45) is 3.44. The lowest BCUT2D eigenvalue weighted by Crippen LogP contribution is -2.42. The van der Waals surface area contributed by atoms with E-state index in [0.717, 1.165) is 56.5 Å². The van der Waals surface area contributed by atoms with Crippen LogP contribution in [-0.4, -0.2) is 60.3 Å². The van der Waals surface area contributed by atoms with Crippen LogP contribution < -0.4 is 5.32 Å². The zero-order valence-corrected chi connectivity index (χ0v) is 14.9. The molecule has 0 atom stereocenters. The van der Waals surface area contributed by atoms with Gasteiger partial charge >= 0.3 is 0 Å². The van der Waals surface area contributed by atoms with Gasteiger partial charge in [-0.25, -0.2) is 4.39 Å². The maximum absolute atomic E-state index is 13.4. The van der Waals surface area contributed by atoms with Crippen LogP contribution in [0.2, 0.25) is 0 Å². The highest BCUT2D eigenvalue weighted by Crippen LogP contribution is 2.19. The number of thiocarbonyl (C=S) groups is 1. The first kappa shape index (κ1) is 17.6. The fourth-order valence-corrected chi connectivity index (χ4v) is 3.23. The summed E-state index contributed by atoms with van der Waals surface area (Å²) in [7, 11) is 0. The van der Waals surface area contributed by atoms with Gasteiger partial charge in [-0.3, -0.25) is 4.90 Å². The molecule has 3 rings (SSSR count). The largest absolute Gasteiger partial charge is 0.379 e. The van der Waals surface area contributed by atoms with E-state index in [0.29, 0.717) is 12.6 Å². The Bertz CT molecular complexity index is 547. The molecular weight excluding hydrogens is 325 g/mol. The molecule has 1 aromatic carbocycles. The van der Waals surface area contributed by atoms with Gasteiger partial charge in [0, 0.05) is 38.8 Å². The number of benzene rings is 1. The normalized spacial score (nSPS) is 18.4. The Morgan fingerprint density at radius 2 is 2.12 bits per heavy atom. The van der Waals surface area contributed by atoms with Crippen LogP contribution in [0.25, 0.3) is 0 Å². The molecule has 4 nitrogen and oxygen atoms in total. The summed E-state index contributed by atoms with van der Waals surface area (Å²) in [5.41, 5.74) is 0.960. The number of ether oxygens (including phenoxy) is 1. The van der Waals surface area contributed by atoms with Crippen LogP contribution in [0.1, 0.15) is 24.8 Å². The van der Waals surface area contributed by atoms with Crippen molar-refractivity contribution in [2.75, 3.05) is 39.4 Å². The minimum absolute atomic E-state index is 0.193. The summed E-state index contributed by atoms with van der Waals surface area (Å²) in [6, 6.07) is 7.32. The number of halogens is 1. The monoisotopic (exact) mass is 351 g/mol. The predicted molar refractivity (Wildman–Crippen MR) is 97.4 cm³/mol. The molecule has 0 bridgehead atoms. The minimum atomic E-state index is -0.193. The Morgan fingerprint density at radius 1 is 1.33 bits per heavy atom. The molecule has 132 valence electrons. The van der Waals surface area contributed by atoms with Gasteiger partial charge in [-0.05, 0) is 49.2 Å². The molecule has 0 radical (unpaired) electrons. The van der Waals surface area contributed by atoms with E-state index in [1.807, 2.05) is 6.07 Å². The van der Waals surface area contributed by atoms with Crippen molar-refractivity contribution < 1.29 is 9.13 Å². The molecular formula is C18H26FN3OS. The van der Waals surface area contributed by atoms with Crippen LogP contribution in [0.5, 0.6) is 0 Å². The van der Waals surface area contributed by atoms with Crippen LogP contribution in [0, 0.1) is 5.82 Å². The van der Waals surface area contributed by atoms with E-state index in [2.05, 4.69) is 15.1 Å². The van der Waals surface area contributed by atoms with Gasteiger partial charge in [-0.15, -0.1) is 0 Å². The molecule has 24 heavy (non-hydrogen) atoms. The summed E-state index contributed by atoms with van der Waals surface area (Å²) < 4.78 is 18.8. The van der Waals surface area contributed by atoms with E-state index < -0.39 is 0 Å². The molecule has 1 aliphatic heterocycles. The van der Waals surface area contributed by atoms with Crippen molar-refractivity contribution in [1.29, 1.82) is 0 Å². The first-order valence-corrected chi connectivity index (χ1v) is 9.21. The fraction of sp³-hybridized carbons (Fsp3) is 0.611. The average Bonchev–Trinajstić information content (AvgIpc) is 3.39. The number of hydrogen-bond acceptors (Lipinski definition) is 3. The highest BCUT2D eigenvalue weighted by Gasteiger charge is 2.24. The van der Waals surface area contributed by atoms with Crippen molar-refractivity contribution in [2.24, 2.45) is 0 Å². The van der Waals surface area contributed by atoms with Gasteiger partial charge in [-0.2, -0.15) is 0 Å². The van der Waals surface area contributed by atoms with E-state index in [1.54, 1.807) is 12.1 Å². The second-order valence-corrected chi connectivity index (χ2v) is 6.97. The number of nitrogens with zero attached hydrogens (tertiary/aromatic N) is 2. The van der Waals surface area contributed by atoms with Gasteiger partial charge in [0.05, 0.1) is 13.2 Å². The smallest absolute Gasteiger partial charge is 0.169 e. The average molecular weight is 351 g/mol. The minimum Gasteiger partial charge on any atom is -0.379 e. The molecule has 0 spiro atoms. The molecule has 0 amide bonds. The van der Waals surface area contributed by atoms with Crippen LogP contribution in [0.15, 0.2) is 24.3 Å². The lowest BCUT2D eigenvalue weighted by molar-refractivity contribution is 0.0367. The third-order valence-electron chi connectivity index (χ3n) is 4.46. The molecule has 6 heteroatoms. The predicted octanol–water partition coefficient (Wildman–Crippen LogP) is 2.39. The molecule has 1 aliphatic carbocycles. The van der Waals surface area contributed by atoms with Crippen LogP contribution in [0.3, 0.4) is 0 Å². The Hall–Kier alpha value is -1.24. The quantitative estimate of drug-likeness (QED) is 0.762. The zero-order chi connectivity index (χ0) is 16.8. The summed E-state index contributed by atoms with van der Waals surface area (Å²) in [5.74, 6) is -0.193. The Balaban J connectivity index is 1.53. The Labute approximate surface area is 149 Å². The molecule has 1 aromatic rings. The van der Waals surface area contributed by atoms with Gasteiger partial charge in [0.15, 0.2) is 5.11 Å². The molecule has 2 aliphatic rings. The molecule has 1 heterocycles. The molecule has 1 saturated heterocycles. The number of morpholine rings is 1. The maximum Gasteiger partial charge on any atom is 0.169 e. The summed E-state index contributed by atoms with van der Waals surface area (Å²) in [6.45, 7) is 6.26. The van der Waals surface area contributed by atoms with Crippen molar-refractivity contribution in [1.82, 2.24) is 15.1 Å². The van der Waals surface area contributed by atoms with Crippen molar-refractivity contribution in [2.45, 2.75) is 31.8 Å². The number of rotatable bonds is 7. The third-order valence-corrected chi connectivity index (χ3v) is 4.84. The molecule has 0 unspecified atom stereocenters. The number of hydrogen-bond donors (Lipinski definition) is 1. The van der Waals surface area contributed by atoms with Gasteiger partial charge in [0.2, 0.25) is 0 Å². The molecule has 2 fully saturated rings. The first-order chi connectivity index (χ1) is 11.7. The van der Waals surface area contributed by atoms with E-state index in [-0.39, 0.29) is 5.82 Å². The standard InChI is InChI=1S/C18H26FN3OS/c19-16-4-1-3-15(13-16)14-22(18(24)20-17-5-6-17)8-2-7-21-9-11-23-12-10-21/h1,3-4,13,17H,2,5-12,14H2,(H,20,24). The van der Waals surface area contributed by atoms with Crippen molar-refractivity contribution in [3.63, 3.8) is 0 Å². The second-order valence-electron chi connectivity index (χ2n) is 6.58. The van der Waals surface area contributed by atoms with Gasteiger partial charge < -0.3 is 15.0 Å². The maximum atomic E-state index is 13.4. The third kappa shape index (κ3) is 5.69. The Kier molecular flexibility index (Phi) is 6.40. The van der Waals surface area contributed by atoms with Crippen molar-refractivity contribution in [3.05, 3.63) is 35.6 Å². The molecule has 0 aromatic heterocycles. The summed E-state index contributed by atoms with van der Waals surface area (Å²) in [5, 5.41) is 4.20. The second kappa shape index (κ2) is 8.74. The highest BCUT2D eigenvalue weighted by atomic mass is 32.1. The number of nitrogens with one attached hydrogen (secondary N) is 1. The van der Waals surface area contributed by atoms with Crippen molar-refractivity contribution in [3.8, 4) is 0 Å². The zero-order valence-electron chi connectivity index (χ0n) is 14.0. The SMILES string of the molecule is Fc1cccc(CN(CCCN2CCOCC2)C(=S)NC2CC2)c1.